The summed E-state index contributed by atoms with van der Waals surface area (Å²) < 4.78 is 110. The summed E-state index contributed by atoms with van der Waals surface area (Å²) in [5, 5.41) is 0.183. The minimum Gasteiger partial charge on any atom is -0.422 e. The first kappa shape index (κ1) is 32.9. The Morgan fingerprint density at radius 1 is 0.583 bits per heavy atom. The summed E-state index contributed by atoms with van der Waals surface area (Å²) in [5.41, 5.74) is 1.76. The van der Waals surface area contributed by atoms with E-state index in [1.54, 1.807) is 12.1 Å². The molecule has 0 fully saturated rings. The van der Waals surface area contributed by atoms with Crippen molar-refractivity contribution in [2.24, 2.45) is 0 Å². The van der Waals surface area contributed by atoms with Crippen LogP contribution in [0.15, 0.2) is 121 Å². The molecule has 4 nitrogen and oxygen atoms in total. The summed E-state index contributed by atoms with van der Waals surface area (Å²) >= 11 is -0.843. The lowest BCUT2D eigenvalue weighted by molar-refractivity contribution is -0.359. The van der Waals surface area contributed by atoms with Gasteiger partial charge in [0.15, 0.2) is 5.82 Å². The van der Waals surface area contributed by atoms with Crippen LogP contribution in [0.5, 0.6) is 5.75 Å². The van der Waals surface area contributed by atoms with Gasteiger partial charge in [0.2, 0.25) is 0 Å². The van der Waals surface area contributed by atoms with E-state index in [-0.39, 0.29) is 16.7 Å². The van der Waals surface area contributed by atoms with Gasteiger partial charge in [0.25, 0.3) is 5.50 Å². The molecule has 0 spiro atoms. The van der Waals surface area contributed by atoms with E-state index in [0.29, 0.717) is 11.4 Å². The zero-order valence-electron chi connectivity index (χ0n) is 24.3. The van der Waals surface area contributed by atoms with Crippen molar-refractivity contribution >= 4 is 22.9 Å². The zero-order valence-corrected chi connectivity index (χ0v) is 25.1. The number of alkyl halides is 8. The molecule has 6 aromatic rings. The van der Waals surface area contributed by atoms with Crippen LogP contribution in [-0.4, -0.2) is 38.5 Å². The average molecular weight is 684 g/mol. The lowest BCUT2D eigenvalue weighted by Crippen LogP contribution is -2.56. The molecule has 13 heteroatoms. The second-order valence-corrected chi connectivity index (χ2v) is 11.3. The molecule has 0 bridgehead atoms. The van der Waals surface area contributed by atoms with E-state index in [1.807, 2.05) is 91.0 Å². The van der Waals surface area contributed by atoms with E-state index in [1.165, 1.54) is 12.3 Å². The highest BCUT2D eigenvalue weighted by Crippen LogP contribution is 2.51. The van der Waals surface area contributed by atoms with Crippen molar-refractivity contribution in [3.63, 3.8) is 0 Å². The van der Waals surface area contributed by atoms with Crippen molar-refractivity contribution in [3.05, 3.63) is 121 Å². The maximum Gasteiger partial charge on any atom is 0.460 e. The number of aromatic nitrogens is 3. The fourth-order valence-corrected chi connectivity index (χ4v) is 5.36. The van der Waals surface area contributed by atoms with Crippen molar-refractivity contribution in [1.82, 2.24) is 15.0 Å². The van der Waals surface area contributed by atoms with Gasteiger partial charge in [-0.05, 0) is 29.3 Å². The Bertz CT molecular complexity index is 1990. The van der Waals surface area contributed by atoms with Gasteiger partial charge in [0.05, 0.1) is 16.9 Å². The van der Waals surface area contributed by atoms with Crippen molar-refractivity contribution < 1.29 is 39.3 Å². The molecule has 0 aliphatic heterocycles. The Morgan fingerprint density at radius 2 is 1.12 bits per heavy atom. The van der Waals surface area contributed by atoms with Crippen LogP contribution in [-0.2, 0) is 0 Å². The van der Waals surface area contributed by atoms with Crippen LogP contribution in [0.25, 0.3) is 55.9 Å². The summed E-state index contributed by atoms with van der Waals surface area (Å²) in [7, 11) is 0. The van der Waals surface area contributed by atoms with Crippen molar-refractivity contribution in [1.29, 1.82) is 0 Å². The van der Waals surface area contributed by atoms with Gasteiger partial charge in [-0.15, -0.1) is 0 Å². The predicted octanol–water partition coefficient (Wildman–Crippen LogP) is 10.8. The predicted molar refractivity (Wildman–Crippen MR) is 168 cm³/mol. The number of hydrogen-bond acceptors (Lipinski definition) is 5. The molecule has 0 saturated heterocycles. The molecule has 6 rings (SSSR count). The van der Waals surface area contributed by atoms with E-state index >= 15 is 0 Å². The Kier molecular flexibility index (Phi) is 8.82. The summed E-state index contributed by atoms with van der Waals surface area (Å²) in [6, 6.07) is 34.6. The first-order valence-electron chi connectivity index (χ1n) is 14.1. The largest absolute Gasteiger partial charge is 0.460 e. The Hall–Kier alpha value is -5.04. The van der Waals surface area contributed by atoms with Gasteiger partial charge >= 0.3 is 18.0 Å². The molecule has 0 aliphatic rings. The molecule has 1 unspecified atom stereocenters. The first-order chi connectivity index (χ1) is 22.8. The molecular formula is C35H21F8N3OS. The number of halogens is 8. The second-order valence-electron chi connectivity index (χ2n) is 10.5. The van der Waals surface area contributed by atoms with E-state index in [9.17, 15) is 35.1 Å². The number of fused-ring (bicyclic) bond motifs is 1. The van der Waals surface area contributed by atoms with Gasteiger partial charge in [-0.3, -0.25) is 4.98 Å². The Balaban J connectivity index is 1.25. The van der Waals surface area contributed by atoms with Crippen molar-refractivity contribution in [2.75, 3.05) is 0 Å². The highest BCUT2D eigenvalue weighted by atomic mass is 32.2. The van der Waals surface area contributed by atoms with Gasteiger partial charge in [-0.25, -0.2) is 14.4 Å². The number of benzene rings is 4. The molecule has 0 N–H and O–H groups in total. The third-order valence-electron chi connectivity index (χ3n) is 7.33. The first-order valence-corrected chi connectivity index (χ1v) is 14.9. The highest BCUT2D eigenvalue weighted by molar-refractivity contribution is 7.95. The van der Waals surface area contributed by atoms with Crippen LogP contribution in [0, 0.1) is 0 Å². The molecule has 2 heterocycles. The van der Waals surface area contributed by atoms with Crippen LogP contribution in [0.3, 0.4) is 0 Å². The van der Waals surface area contributed by atoms with E-state index in [0.717, 1.165) is 39.7 Å². The quantitative estimate of drug-likeness (QED) is 0.112. The van der Waals surface area contributed by atoms with Gasteiger partial charge in [0, 0.05) is 34.3 Å². The van der Waals surface area contributed by atoms with E-state index in [2.05, 4.69) is 4.98 Å². The van der Waals surface area contributed by atoms with Gasteiger partial charge in [0.1, 0.15) is 17.8 Å². The Morgan fingerprint density at radius 3 is 1.69 bits per heavy atom. The van der Waals surface area contributed by atoms with Crippen LogP contribution in [0.4, 0.5) is 35.1 Å². The molecule has 0 amide bonds. The molecular weight excluding hydrogens is 662 g/mol. The van der Waals surface area contributed by atoms with Crippen LogP contribution < -0.4 is 4.18 Å². The molecule has 244 valence electrons. The maximum atomic E-state index is 14.0. The normalized spacial score (nSPS) is 13.0. The minimum absolute atomic E-state index is 0.183. The zero-order chi connectivity index (χ0) is 34.1. The third kappa shape index (κ3) is 6.42. The molecule has 0 saturated carbocycles. The lowest BCUT2D eigenvalue weighted by atomic mass is 10.0. The van der Waals surface area contributed by atoms with Gasteiger partial charge in [-0.1, -0.05) is 91.0 Å². The summed E-state index contributed by atoms with van der Waals surface area (Å²) in [5.74, 6) is -12.5. The maximum absolute atomic E-state index is 14.0. The number of nitrogens with zero attached hydrogens (tertiary/aromatic N) is 3. The standard InChI is InChI=1S/C35H21F8N3OS/c36-32(33(37,38)34(39,40)35(41,42)43)48-47-30-17-18-44-29-19-25(15-16-26(29)30)21-11-13-24(14-12-21)31-45-27(22-7-3-1-4-8-22)20-28(46-31)23-9-5-2-6-10-23/h1-20,32H. The SMILES string of the molecule is FC(SOc1ccnc2cc(-c3ccc(-c4nc(-c5ccccc5)cc(-c5ccccc5)n4)cc3)ccc12)C(F)(F)C(F)(F)C(F)(F)F. The Labute approximate surface area is 272 Å². The van der Waals surface area contributed by atoms with Gasteiger partial charge < -0.3 is 4.18 Å². The number of pyridine rings is 1. The highest BCUT2D eigenvalue weighted by Gasteiger charge is 2.76. The monoisotopic (exact) mass is 683 g/mol. The molecule has 1 atom stereocenters. The fourth-order valence-electron chi connectivity index (χ4n) is 4.76. The summed E-state index contributed by atoms with van der Waals surface area (Å²) in [4.78, 5) is 13.8. The third-order valence-corrected chi connectivity index (χ3v) is 8.07. The lowest BCUT2D eigenvalue weighted by Gasteiger charge is -2.29. The topological polar surface area (TPSA) is 47.9 Å². The van der Waals surface area contributed by atoms with Crippen molar-refractivity contribution in [3.8, 4) is 50.8 Å². The van der Waals surface area contributed by atoms with Crippen molar-refractivity contribution in [2.45, 2.75) is 23.5 Å². The van der Waals surface area contributed by atoms with E-state index in [4.69, 9.17) is 14.2 Å². The smallest absolute Gasteiger partial charge is 0.422 e. The van der Waals surface area contributed by atoms with Crippen LogP contribution in [0.2, 0.25) is 0 Å². The van der Waals surface area contributed by atoms with Gasteiger partial charge in [-0.2, -0.15) is 30.7 Å². The molecule has 4 aromatic carbocycles. The fraction of sp³-hybridized carbons (Fsp3) is 0.114. The molecule has 48 heavy (non-hydrogen) atoms. The van der Waals surface area contributed by atoms with Crippen LogP contribution in [0.1, 0.15) is 0 Å². The van der Waals surface area contributed by atoms with Crippen LogP contribution >= 0.6 is 12.0 Å². The molecule has 2 aromatic heterocycles. The summed E-state index contributed by atoms with van der Waals surface area (Å²) in [6.07, 6.45) is -5.47. The molecule has 0 aliphatic carbocycles. The second kappa shape index (κ2) is 12.9. The molecule has 0 radical (unpaired) electrons. The van der Waals surface area contributed by atoms with E-state index < -0.39 is 35.6 Å². The number of hydrogen-bond donors (Lipinski definition) is 0. The summed E-state index contributed by atoms with van der Waals surface area (Å²) in [6.45, 7) is 0. The number of rotatable bonds is 9. The average Bonchev–Trinajstić information content (AvgIpc) is 3.10. The minimum atomic E-state index is -6.66.